The second kappa shape index (κ2) is 6.05. The second-order valence-corrected chi connectivity index (χ2v) is 5.08. The molecule has 1 saturated carbocycles. The van der Waals surface area contributed by atoms with Crippen molar-refractivity contribution in [3.63, 3.8) is 0 Å². The van der Waals surface area contributed by atoms with E-state index in [2.05, 4.69) is 15.6 Å². The summed E-state index contributed by atoms with van der Waals surface area (Å²) >= 11 is 0. The first-order chi connectivity index (χ1) is 8.72. The third kappa shape index (κ3) is 3.60. The highest BCUT2D eigenvalue weighted by Crippen LogP contribution is 2.28. The molecule has 0 radical (unpaired) electrons. The lowest BCUT2D eigenvalue weighted by Gasteiger charge is -2.32. The molecule has 1 fully saturated rings. The summed E-state index contributed by atoms with van der Waals surface area (Å²) in [5, 5.41) is 16.8. The van der Waals surface area contributed by atoms with Crippen LogP contribution in [-0.2, 0) is 0 Å². The van der Waals surface area contributed by atoms with E-state index in [4.69, 9.17) is 0 Å². The van der Waals surface area contributed by atoms with E-state index in [0.717, 1.165) is 43.9 Å². The fraction of sp³-hybridized carbons (Fsp3) is 0.643. The zero-order chi connectivity index (χ0) is 12.8. The number of nitrogens with zero attached hydrogens (tertiary/aromatic N) is 1. The average Bonchev–Trinajstić information content (AvgIpc) is 2.38. The van der Waals surface area contributed by atoms with E-state index in [-0.39, 0.29) is 0 Å². The van der Waals surface area contributed by atoms with Crippen LogP contribution in [0.25, 0.3) is 0 Å². The lowest BCUT2D eigenvalue weighted by atomic mass is 9.85. The molecule has 0 bridgehead atoms. The minimum Gasteiger partial charge on any atom is -0.388 e. The monoisotopic (exact) mass is 249 g/mol. The molecule has 0 atom stereocenters. The van der Waals surface area contributed by atoms with Crippen molar-refractivity contribution in [2.45, 2.75) is 44.6 Å². The predicted octanol–water partition coefficient (Wildman–Crippen LogP) is 2.62. The third-order valence-electron chi connectivity index (χ3n) is 3.49. The second-order valence-electron chi connectivity index (χ2n) is 5.08. The number of anilines is 2. The van der Waals surface area contributed by atoms with Crippen LogP contribution in [0.15, 0.2) is 18.2 Å². The van der Waals surface area contributed by atoms with E-state index >= 15 is 0 Å². The lowest BCUT2D eigenvalue weighted by molar-refractivity contribution is 0.0166. The molecule has 1 heterocycles. The van der Waals surface area contributed by atoms with Crippen LogP contribution in [0.2, 0.25) is 0 Å². The number of aliphatic hydroxyl groups is 1. The molecule has 1 aromatic heterocycles. The molecule has 4 heteroatoms. The Labute approximate surface area is 109 Å². The van der Waals surface area contributed by atoms with E-state index in [1.165, 1.54) is 6.42 Å². The molecule has 0 aromatic carbocycles. The molecule has 4 nitrogen and oxygen atoms in total. The van der Waals surface area contributed by atoms with Crippen molar-refractivity contribution in [3.8, 4) is 0 Å². The van der Waals surface area contributed by atoms with Gasteiger partial charge in [-0.25, -0.2) is 4.98 Å². The first-order valence-electron chi connectivity index (χ1n) is 6.89. The minimum absolute atomic E-state index is 0.548. The molecule has 1 aromatic rings. The van der Waals surface area contributed by atoms with Crippen LogP contribution in [0.5, 0.6) is 0 Å². The topological polar surface area (TPSA) is 57.2 Å². The van der Waals surface area contributed by atoms with Crippen molar-refractivity contribution in [1.29, 1.82) is 0 Å². The lowest BCUT2D eigenvalue weighted by Crippen LogP contribution is -2.38. The van der Waals surface area contributed by atoms with Gasteiger partial charge in [-0.1, -0.05) is 25.3 Å². The highest BCUT2D eigenvalue weighted by atomic mass is 16.3. The maximum Gasteiger partial charge on any atom is 0.128 e. The zero-order valence-electron chi connectivity index (χ0n) is 11.1. The number of rotatable bonds is 5. The number of aromatic nitrogens is 1. The largest absolute Gasteiger partial charge is 0.388 e. The fourth-order valence-electron chi connectivity index (χ4n) is 2.45. The van der Waals surface area contributed by atoms with Gasteiger partial charge >= 0.3 is 0 Å². The van der Waals surface area contributed by atoms with Crippen LogP contribution < -0.4 is 10.6 Å². The molecule has 1 aliphatic rings. The van der Waals surface area contributed by atoms with Crippen molar-refractivity contribution < 1.29 is 5.11 Å². The van der Waals surface area contributed by atoms with Crippen LogP contribution in [-0.4, -0.2) is 28.8 Å². The van der Waals surface area contributed by atoms with Crippen molar-refractivity contribution in [1.82, 2.24) is 4.98 Å². The Kier molecular flexibility index (Phi) is 4.42. The number of pyridine rings is 1. The molecule has 0 amide bonds. The third-order valence-corrected chi connectivity index (χ3v) is 3.49. The van der Waals surface area contributed by atoms with E-state index in [9.17, 15) is 5.11 Å². The average molecular weight is 249 g/mol. The molecule has 0 unspecified atom stereocenters. The van der Waals surface area contributed by atoms with Crippen molar-refractivity contribution in [3.05, 3.63) is 18.2 Å². The van der Waals surface area contributed by atoms with Crippen molar-refractivity contribution in [2.24, 2.45) is 0 Å². The molecule has 1 aliphatic carbocycles. The Hall–Kier alpha value is -1.29. The summed E-state index contributed by atoms with van der Waals surface area (Å²) in [7, 11) is 0. The van der Waals surface area contributed by atoms with Gasteiger partial charge in [-0.05, 0) is 31.9 Å². The van der Waals surface area contributed by atoms with E-state index in [1.54, 1.807) is 0 Å². The van der Waals surface area contributed by atoms with Gasteiger partial charge in [0.1, 0.15) is 11.6 Å². The van der Waals surface area contributed by atoms with Gasteiger partial charge in [-0.3, -0.25) is 0 Å². The first-order valence-corrected chi connectivity index (χ1v) is 6.89. The Morgan fingerprint density at radius 1 is 1.17 bits per heavy atom. The Morgan fingerprint density at radius 3 is 2.50 bits per heavy atom. The Bertz CT molecular complexity index is 375. The molecular formula is C14H23N3O. The van der Waals surface area contributed by atoms with E-state index < -0.39 is 5.60 Å². The highest BCUT2D eigenvalue weighted by molar-refractivity contribution is 5.45. The normalized spacial score (nSPS) is 18.3. The smallest absolute Gasteiger partial charge is 0.128 e. The first kappa shape index (κ1) is 13.1. The summed E-state index contributed by atoms with van der Waals surface area (Å²) in [5.74, 6) is 1.70. The maximum absolute atomic E-state index is 10.4. The summed E-state index contributed by atoms with van der Waals surface area (Å²) in [4.78, 5) is 4.44. The van der Waals surface area contributed by atoms with Gasteiger partial charge in [0.2, 0.25) is 0 Å². The summed E-state index contributed by atoms with van der Waals surface area (Å²) < 4.78 is 0. The molecule has 0 spiro atoms. The summed E-state index contributed by atoms with van der Waals surface area (Å²) in [6.45, 7) is 3.50. The molecule has 0 saturated heterocycles. The molecule has 0 aliphatic heterocycles. The van der Waals surface area contributed by atoms with Crippen LogP contribution in [0.3, 0.4) is 0 Å². The molecule has 100 valence electrons. The summed E-state index contributed by atoms with van der Waals surface area (Å²) in [6.07, 6.45) is 5.29. The van der Waals surface area contributed by atoms with Gasteiger partial charge in [0, 0.05) is 13.1 Å². The quantitative estimate of drug-likeness (QED) is 0.751. The van der Waals surface area contributed by atoms with Gasteiger partial charge in [0.25, 0.3) is 0 Å². The maximum atomic E-state index is 10.4. The predicted molar refractivity (Wildman–Crippen MR) is 74.9 cm³/mol. The van der Waals surface area contributed by atoms with Gasteiger partial charge in [0.05, 0.1) is 5.60 Å². The van der Waals surface area contributed by atoms with Gasteiger partial charge in [-0.15, -0.1) is 0 Å². The molecular weight excluding hydrogens is 226 g/mol. The standard InChI is InChI=1S/C14H23N3O/c1-2-15-12-7-6-8-13(17-12)16-11-14(18)9-4-3-5-10-14/h6-8,18H,2-5,9-11H2,1H3,(H2,15,16,17). The number of hydrogen-bond donors (Lipinski definition) is 3. The van der Waals surface area contributed by atoms with Crippen molar-refractivity contribution in [2.75, 3.05) is 23.7 Å². The SMILES string of the molecule is CCNc1cccc(NCC2(O)CCCCC2)n1. The van der Waals surface area contributed by atoms with E-state index in [1.807, 2.05) is 25.1 Å². The molecule has 2 rings (SSSR count). The Balaban J connectivity index is 1.90. The van der Waals surface area contributed by atoms with Gasteiger partial charge in [-0.2, -0.15) is 0 Å². The van der Waals surface area contributed by atoms with Crippen molar-refractivity contribution >= 4 is 11.6 Å². The van der Waals surface area contributed by atoms with Gasteiger partial charge < -0.3 is 15.7 Å². The molecule has 18 heavy (non-hydrogen) atoms. The highest BCUT2D eigenvalue weighted by Gasteiger charge is 2.28. The van der Waals surface area contributed by atoms with Crippen LogP contribution in [0, 0.1) is 0 Å². The minimum atomic E-state index is -0.548. The summed E-state index contributed by atoms with van der Waals surface area (Å²) in [5.41, 5.74) is -0.548. The number of nitrogens with one attached hydrogen (secondary N) is 2. The molecule has 3 N–H and O–H groups in total. The van der Waals surface area contributed by atoms with E-state index in [0.29, 0.717) is 6.54 Å². The van der Waals surface area contributed by atoms with Crippen LogP contribution in [0.1, 0.15) is 39.0 Å². The summed E-state index contributed by atoms with van der Waals surface area (Å²) in [6, 6.07) is 5.86. The zero-order valence-corrected chi connectivity index (χ0v) is 11.1. The van der Waals surface area contributed by atoms with Gasteiger partial charge in [0.15, 0.2) is 0 Å². The number of hydrogen-bond acceptors (Lipinski definition) is 4. The fourth-order valence-corrected chi connectivity index (χ4v) is 2.45. The van der Waals surface area contributed by atoms with Crippen LogP contribution >= 0.6 is 0 Å². The van der Waals surface area contributed by atoms with Crippen LogP contribution in [0.4, 0.5) is 11.6 Å². The Morgan fingerprint density at radius 2 is 1.83 bits per heavy atom.